The van der Waals surface area contributed by atoms with Gasteiger partial charge >= 0.3 is 5.00 Å². The Morgan fingerprint density at radius 2 is 2.12 bits per heavy atom. The maximum absolute atomic E-state index is 12.4. The minimum atomic E-state index is -0.522. The third-order valence-corrected chi connectivity index (χ3v) is 5.59. The van der Waals surface area contributed by atoms with Gasteiger partial charge in [-0.3, -0.25) is 14.9 Å². The van der Waals surface area contributed by atoms with Crippen LogP contribution in [0.25, 0.3) is 10.2 Å². The van der Waals surface area contributed by atoms with Crippen molar-refractivity contribution in [2.45, 2.75) is 20.4 Å². The third-order valence-electron chi connectivity index (χ3n) is 3.54. The number of carbonyl (C=O) groups excluding carboxylic acids is 1. The fourth-order valence-electron chi connectivity index (χ4n) is 2.60. The molecule has 126 valence electrons. The summed E-state index contributed by atoms with van der Waals surface area (Å²) in [5, 5.41) is 10.7. The van der Waals surface area contributed by atoms with Crippen molar-refractivity contribution in [1.82, 2.24) is 4.57 Å². The van der Waals surface area contributed by atoms with Crippen LogP contribution in [-0.2, 0) is 6.54 Å². The second kappa shape index (κ2) is 6.63. The number of aryl methyl sites for hydroxylation is 2. The Balaban J connectivity index is 2.16. The van der Waals surface area contributed by atoms with Gasteiger partial charge in [0.2, 0.25) is 0 Å². The summed E-state index contributed by atoms with van der Waals surface area (Å²) in [4.78, 5) is 27.5. The van der Waals surface area contributed by atoms with Crippen LogP contribution in [0.5, 0.6) is 0 Å². The molecule has 0 spiro atoms. The summed E-state index contributed by atoms with van der Waals surface area (Å²) in [5.41, 5.74) is 3.13. The molecule has 0 unspecified atom stereocenters. The van der Waals surface area contributed by atoms with E-state index in [9.17, 15) is 14.9 Å². The van der Waals surface area contributed by atoms with Crippen LogP contribution in [0.1, 0.15) is 20.8 Å². The first-order valence-electron chi connectivity index (χ1n) is 7.28. The molecule has 3 aromatic rings. The summed E-state index contributed by atoms with van der Waals surface area (Å²) in [7, 11) is 0. The van der Waals surface area contributed by atoms with Crippen molar-refractivity contribution in [3.8, 4) is 12.3 Å². The number of nitrogens with zero attached hydrogens (tertiary/aromatic N) is 3. The van der Waals surface area contributed by atoms with Gasteiger partial charge in [0.05, 0.1) is 21.7 Å². The summed E-state index contributed by atoms with van der Waals surface area (Å²) in [6.45, 7) is 4.29. The average molecular weight is 371 g/mol. The van der Waals surface area contributed by atoms with Gasteiger partial charge in [0.15, 0.2) is 4.80 Å². The zero-order valence-corrected chi connectivity index (χ0v) is 15.1. The molecular formula is C17H13N3O3S2. The summed E-state index contributed by atoms with van der Waals surface area (Å²) < 4.78 is 2.82. The Morgan fingerprint density at radius 3 is 2.76 bits per heavy atom. The molecule has 2 heterocycles. The van der Waals surface area contributed by atoms with E-state index in [1.165, 1.54) is 23.5 Å². The zero-order valence-electron chi connectivity index (χ0n) is 13.5. The highest BCUT2D eigenvalue weighted by Gasteiger charge is 2.16. The van der Waals surface area contributed by atoms with E-state index < -0.39 is 10.8 Å². The molecule has 0 aliphatic carbocycles. The fourth-order valence-corrected chi connectivity index (χ4v) is 4.51. The van der Waals surface area contributed by atoms with E-state index in [1.807, 2.05) is 24.5 Å². The molecule has 0 aliphatic heterocycles. The summed E-state index contributed by atoms with van der Waals surface area (Å²) in [6, 6.07) is 6.81. The first-order chi connectivity index (χ1) is 11.9. The van der Waals surface area contributed by atoms with Crippen LogP contribution in [0, 0.1) is 36.3 Å². The largest absolute Gasteiger partial charge is 0.324 e. The first kappa shape index (κ1) is 17.1. The Hall–Kier alpha value is -2.76. The quantitative estimate of drug-likeness (QED) is 0.400. The highest BCUT2D eigenvalue weighted by Crippen LogP contribution is 2.25. The van der Waals surface area contributed by atoms with Gasteiger partial charge in [-0.2, -0.15) is 4.99 Å². The number of terminal acetylenes is 1. The normalized spacial score (nSPS) is 11.6. The summed E-state index contributed by atoms with van der Waals surface area (Å²) in [5.74, 6) is 2.08. The van der Waals surface area contributed by atoms with E-state index in [1.54, 1.807) is 0 Å². The van der Waals surface area contributed by atoms with E-state index >= 15 is 0 Å². The Bertz CT molecular complexity index is 1110. The standard InChI is InChI=1S/C17H13N3O3S2/c1-4-7-19-15-11(3)8-10(2)9-13(15)25-17(19)18-16(21)12-5-6-14(24-12)20(22)23/h1,5-6,8-9H,7H2,2-3H3. The molecule has 25 heavy (non-hydrogen) atoms. The van der Waals surface area contributed by atoms with Crippen molar-refractivity contribution in [2.24, 2.45) is 4.99 Å². The number of nitro groups is 1. The number of hydrogen-bond donors (Lipinski definition) is 0. The lowest BCUT2D eigenvalue weighted by Crippen LogP contribution is -2.16. The lowest BCUT2D eigenvalue weighted by Gasteiger charge is -2.04. The Labute approximate surface area is 151 Å². The molecule has 1 amide bonds. The molecule has 0 saturated carbocycles. The van der Waals surface area contributed by atoms with E-state index in [4.69, 9.17) is 6.42 Å². The molecule has 0 radical (unpaired) electrons. The SMILES string of the molecule is C#CCn1c(=NC(=O)c2ccc([N+](=O)[O-])s2)sc2cc(C)cc(C)c21. The minimum absolute atomic E-state index is 0.0853. The first-order valence-corrected chi connectivity index (χ1v) is 8.91. The van der Waals surface area contributed by atoms with Crippen LogP contribution in [0.15, 0.2) is 29.3 Å². The molecule has 3 rings (SSSR count). The number of aromatic nitrogens is 1. The van der Waals surface area contributed by atoms with E-state index in [0.717, 1.165) is 32.7 Å². The van der Waals surface area contributed by atoms with E-state index in [-0.39, 0.29) is 9.88 Å². The molecule has 2 aromatic heterocycles. The lowest BCUT2D eigenvalue weighted by atomic mass is 10.1. The number of hydrogen-bond acceptors (Lipinski definition) is 5. The van der Waals surface area contributed by atoms with Crippen molar-refractivity contribution in [3.63, 3.8) is 0 Å². The van der Waals surface area contributed by atoms with Crippen LogP contribution >= 0.6 is 22.7 Å². The second-order valence-corrected chi connectivity index (χ2v) is 7.49. The Kier molecular flexibility index (Phi) is 4.53. The van der Waals surface area contributed by atoms with Crippen molar-refractivity contribution < 1.29 is 9.72 Å². The molecule has 0 bridgehead atoms. The second-order valence-electron chi connectivity index (χ2n) is 5.42. The van der Waals surface area contributed by atoms with Crippen LogP contribution < -0.4 is 4.80 Å². The van der Waals surface area contributed by atoms with Crippen LogP contribution in [-0.4, -0.2) is 15.4 Å². The number of thiophene rings is 1. The molecule has 8 heteroatoms. The van der Waals surface area contributed by atoms with Gasteiger partial charge in [0, 0.05) is 6.07 Å². The zero-order chi connectivity index (χ0) is 18.1. The Morgan fingerprint density at radius 1 is 1.36 bits per heavy atom. The number of fused-ring (bicyclic) bond motifs is 1. The van der Waals surface area contributed by atoms with Gasteiger partial charge in [0.1, 0.15) is 4.88 Å². The minimum Gasteiger partial charge on any atom is -0.304 e. The predicted octanol–water partition coefficient (Wildman–Crippen LogP) is 3.66. The molecule has 1 aromatic carbocycles. The fraction of sp³-hybridized carbons (Fsp3) is 0.176. The van der Waals surface area contributed by atoms with Gasteiger partial charge in [-0.15, -0.1) is 6.42 Å². The highest BCUT2D eigenvalue weighted by molar-refractivity contribution is 7.17. The van der Waals surface area contributed by atoms with E-state index in [0.29, 0.717) is 11.3 Å². The predicted molar refractivity (Wildman–Crippen MR) is 99.0 cm³/mol. The van der Waals surface area contributed by atoms with Gasteiger partial charge < -0.3 is 4.57 Å². The van der Waals surface area contributed by atoms with Crippen molar-refractivity contribution in [1.29, 1.82) is 0 Å². The van der Waals surface area contributed by atoms with Crippen LogP contribution in [0.2, 0.25) is 0 Å². The van der Waals surface area contributed by atoms with Crippen molar-refractivity contribution in [2.75, 3.05) is 0 Å². The molecule has 6 nitrogen and oxygen atoms in total. The van der Waals surface area contributed by atoms with Crippen LogP contribution in [0.3, 0.4) is 0 Å². The molecule has 0 N–H and O–H groups in total. The van der Waals surface area contributed by atoms with Gasteiger partial charge in [-0.1, -0.05) is 34.7 Å². The maximum atomic E-state index is 12.4. The number of thiazole rings is 1. The van der Waals surface area contributed by atoms with Gasteiger partial charge in [0.25, 0.3) is 5.91 Å². The smallest absolute Gasteiger partial charge is 0.304 e. The van der Waals surface area contributed by atoms with Crippen LogP contribution in [0.4, 0.5) is 5.00 Å². The third kappa shape index (κ3) is 3.24. The molecule has 0 fully saturated rings. The number of benzene rings is 1. The van der Waals surface area contributed by atoms with Gasteiger partial charge in [-0.05, 0) is 37.1 Å². The van der Waals surface area contributed by atoms with Crippen molar-refractivity contribution in [3.05, 3.63) is 55.2 Å². The van der Waals surface area contributed by atoms with Gasteiger partial charge in [-0.25, -0.2) is 0 Å². The van der Waals surface area contributed by atoms with Crippen molar-refractivity contribution >= 4 is 43.8 Å². The monoisotopic (exact) mass is 371 g/mol. The lowest BCUT2D eigenvalue weighted by molar-refractivity contribution is -0.380. The average Bonchev–Trinajstić information content (AvgIpc) is 3.13. The highest BCUT2D eigenvalue weighted by atomic mass is 32.1. The number of amides is 1. The number of carbonyl (C=O) groups is 1. The maximum Gasteiger partial charge on any atom is 0.324 e. The number of rotatable bonds is 3. The molecule has 0 aliphatic rings. The van der Waals surface area contributed by atoms with E-state index in [2.05, 4.69) is 17.0 Å². The summed E-state index contributed by atoms with van der Waals surface area (Å²) >= 11 is 2.19. The topological polar surface area (TPSA) is 77.5 Å². The molecular weight excluding hydrogens is 358 g/mol. The molecule has 0 atom stereocenters. The molecule has 0 saturated heterocycles. The summed E-state index contributed by atoms with van der Waals surface area (Å²) in [6.07, 6.45) is 5.47.